The lowest BCUT2D eigenvalue weighted by atomic mass is 10.1. The number of carbonyl (C=O) groups excluding carboxylic acids is 4. The molecule has 0 unspecified atom stereocenters. The molecule has 2 aromatic carbocycles. The number of nitrogens with one attached hydrogen (secondary N) is 1. The molecule has 0 aliphatic carbocycles. The van der Waals surface area contributed by atoms with Crippen molar-refractivity contribution in [3.05, 3.63) is 89.5 Å². The van der Waals surface area contributed by atoms with Gasteiger partial charge in [-0.25, -0.2) is 14.5 Å². The predicted molar refractivity (Wildman–Crippen MR) is 138 cm³/mol. The summed E-state index contributed by atoms with van der Waals surface area (Å²) >= 11 is 0. The first-order valence-corrected chi connectivity index (χ1v) is 11.8. The number of amides is 4. The SMILES string of the molecule is CCOc1ccc(N2C(=O)NC(=O)/C(=C\c3cn(Cc4ccc(C(=O)OC)o4)c4ccccc34)C2=O)cc1. The zero-order valence-corrected chi connectivity index (χ0v) is 20.6. The molecule has 5 rings (SSSR count). The Bertz CT molecular complexity index is 1590. The van der Waals surface area contributed by atoms with Crippen LogP contribution in [0, 0.1) is 0 Å². The average molecular weight is 514 g/mol. The highest BCUT2D eigenvalue weighted by atomic mass is 16.5. The lowest BCUT2D eigenvalue weighted by Crippen LogP contribution is -2.54. The molecule has 4 aromatic rings. The number of urea groups is 1. The van der Waals surface area contributed by atoms with Crippen LogP contribution in [-0.4, -0.2) is 42.1 Å². The summed E-state index contributed by atoms with van der Waals surface area (Å²) in [5, 5.41) is 3.03. The van der Waals surface area contributed by atoms with Crippen molar-refractivity contribution in [2.75, 3.05) is 18.6 Å². The molecule has 1 aliphatic rings. The standard InChI is InChI=1S/C28H23N3O7/c1-3-37-19-10-8-18(9-11-19)31-26(33)22(25(32)29-28(31)35)14-17-15-30(23-7-5-4-6-21(17)23)16-20-12-13-24(38-20)27(34)36-2/h4-15H,3,16H2,1-2H3,(H,29,32,35)/b22-14+. The number of anilines is 1. The van der Waals surface area contributed by atoms with E-state index < -0.39 is 23.8 Å². The molecule has 1 fully saturated rings. The summed E-state index contributed by atoms with van der Waals surface area (Å²) in [5.41, 5.74) is 1.53. The summed E-state index contributed by atoms with van der Waals surface area (Å²) in [5.74, 6) is -0.904. The maximum atomic E-state index is 13.4. The van der Waals surface area contributed by atoms with E-state index in [0.29, 0.717) is 29.4 Å². The Balaban J connectivity index is 1.50. The molecule has 10 nitrogen and oxygen atoms in total. The van der Waals surface area contributed by atoms with Crippen molar-refractivity contribution in [1.82, 2.24) is 9.88 Å². The van der Waals surface area contributed by atoms with Crippen LogP contribution in [0.4, 0.5) is 10.5 Å². The van der Waals surface area contributed by atoms with E-state index in [1.807, 2.05) is 35.8 Å². The van der Waals surface area contributed by atoms with Crippen molar-refractivity contribution in [3.8, 4) is 5.75 Å². The van der Waals surface area contributed by atoms with E-state index in [2.05, 4.69) is 5.32 Å². The van der Waals surface area contributed by atoms with E-state index in [1.54, 1.807) is 36.5 Å². The van der Waals surface area contributed by atoms with Gasteiger partial charge in [-0.15, -0.1) is 0 Å². The lowest BCUT2D eigenvalue weighted by Gasteiger charge is -2.26. The monoisotopic (exact) mass is 513 g/mol. The number of carbonyl (C=O) groups is 4. The number of esters is 1. The number of imide groups is 2. The van der Waals surface area contributed by atoms with Crippen LogP contribution in [0.5, 0.6) is 5.75 Å². The summed E-state index contributed by atoms with van der Waals surface area (Å²) in [6.45, 7) is 2.62. The van der Waals surface area contributed by atoms with Gasteiger partial charge in [-0.05, 0) is 55.5 Å². The third-order valence-corrected chi connectivity index (χ3v) is 6.00. The molecule has 1 saturated heterocycles. The van der Waals surface area contributed by atoms with E-state index in [1.165, 1.54) is 19.3 Å². The Labute approximate surface area is 217 Å². The molecule has 10 heteroatoms. The molecule has 0 saturated carbocycles. The second-order valence-corrected chi connectivity index (χ2v) is 8.37. The van der Waals surface area contributed by atoms with Gasteiger partial charge in [-0.1, -0.05) is 18.2 Å². The maximum Gasteiger partial charge on any atom is 0.373 e. The van der Waals surface area contributed by atoms with Crippen molar-refractivity contribution in [2.24, 2.45) is 0 Å². The fourth-order valence-electron chi connectivity index (χ4n) is 4.27. The number of barbiturate groups is 1. The fourth-order valence-corrected chi connectivity index (χ4v) is 4.27. The minimum Gasteiger partial charge on any atom is -0.494 e. The summed E-state index contributed by atoms with van der Waals surface area (Å²) < 4.78 is 17.6. The van der Waals surface area contributed by atoms with Crippen LogP contribution < -0.4 is 15.0 Å². The van der Waals surface area contributed by atoms with Gasteiger partial charge in [0.05, 0.1) is 25.9 Å². The minimum atomic E-state index is -0.831. The predicted octanol–water partition coefficient (Wildman–Crippen LogP) is 4.13. The Kier molecular flexibility index (Phi) is 6.53. The Morgan fingerprint density at radius 1 is 1.03 bits per heavy atom. The lowest BCUT2D eigenvalue weighted by molar-refractivity contribution is -0.122. The molecule has 0 radical (unpaired) electrons. The van der Waals surface area contributed by atoms with Crippen LogP contribution in [-0.2, 0) is 20.9 Å². The molecular weight excluding hydrogens is 490 g/mol. The second-order valence-electron chi connectivity index (χ2n) is 8.37. The van der Waals surface area contributed by atoms with Crippen LogP contribution >= 0.6 is 0 Å². The van der Waals surface area contributed by atoms with Gasteiger partial charge in [0.1, 0.15) is 17.1 Å². The highest BCUT2D eigenvalue weighted by Crippen LogP contribution is 2.28. The normalized spacial score (nSPS) is 14.7. The molecule has 0 bridgehead atoms. The number of furan rings is 1. The highest BCUT2D eigenvalue weighted by Gasteiger charge is 2.37. The van der Waals surface area contributed by atoms with Crippen molar-refractivity contribution in [1.29, 1.82) is 0 Å². The Morgan fingerprint density at radius 3 is 2.53 bits per heavy atom. The van der Waals surface area contributed by atoms with Crippen LogP contribution in [0.1, 0.15) is 28.8 Å². The zero-order valence-electron chi connectivity index (χ0n) is 20.6. The molecular formula is C28H23N3O7. The quantitative estimate of drug-likeness (QED) is 0.224. The fraction of sp³-hybridized carbons (Fsp3) is 0.143. The van der Waals surface area contributed by atoms with Gasteiger partial charge < -0.3 is 18.5 Å². The molecule has 2 aromatic heterocycles. The number of benzene rings is 2. The van der Waals surface area contributed by atoms with Crippen LogP contribution in [0.25, 0.3) is 17.0 Å². The molecule has 3 heterocycles. The number of ether oxygens (including phenoxy) is 2. The van der Waals surface area contributed by atoms with Gasteiger partial charge in [-0.2, -0.15) is 0 Å². The molecule has 4 amide bonds. The third-order valence-electron chi connectivity index (χ3n) is 6.00. The third kappa shape index (κ3) is 4.55. The second kappa shape index (κ2) is 10.1. The first-order valence-electron chi connectivity index (χ1n) is 11.8. The van der Waals surface area contributed by atoms with Gasteiger partial charge in [0, 0.05) is 22.7 Å². The topological polar surface area (TPSA) is 120 Å². The number of hydrogen-bond acceptors (Lipinski definition) is 7. The van der Waals surface area contributed by atoms with E-state index >= 15 is 0 Å². The molecule has 1 N–H and O–H groups in total. The van der Waals surface area contributed by atoms with Crippen LogP contribution in [0.3, 0.4) is 0 Å². The molecule has 192 valence electrons. The number of fused-ring (bicyclic) bond motifs is 1. The van der Waals surface area contributed by atoms with Gasteiger partial charge >= 0.3 is 12.0 Å². The number of rotatable bonds is 7. The summed E-state index contributed by atoms with van der Waals surface area (Å²) in [6.07, 6.45) is 3.24. The molecule has 38 heavy (non-hydrogen) atoms. The van der Waals surface area contributed by atoms with Crippen molar-refractivity contribution >= 4 is 46.5 Å². The number of nitrogens with zero attached hydrogens (tertiary/aromatic N) is 2. The van der Waals surface area contributed by atoms with E-state index in [9.17, 15) is 19.2 Å². The zero-order chi connectivity index (χ0) is 26.8. The number of hydrogen-bond donors (Lipinski definition) is 1. The number of aromatic nitrogens is 1. The van der Waals surface area contributed by atoms with E-state index in [-0.39, 0.29) is 17.9 Å². The molecule has 1 aliphatic heterocycles. The average Bonchev–Trinajstić information content (AvgIpc) is 3.52. The summed E-state index contributed by atoms with van der Waals surface area (Å²) in [4.78, 5) is 51.3. The van der Waals surface area contributed by atoms with Crippen molar-refractivity contribution in [3.63, 3.8) is 0 Å². The van der Waals surface area contributed by atoms with E-state index in [4.69, 9.17) is 13.9 Å². The van der Waals surface area contributed by atoms with Gasteiger partial charge in [0.25, 0.3) is 11.8 Å². The van der Waals surface area contributed by atoms with Crippen molar-refractivity contribution in [2.45, 2.75) is 13.5 Å². The Hall–Kier alpha value is -5.12. The van der Waals surface area contributed by atoms with Gasteiger partial charge in [0.15, 0.2) is 0 Å². The Morgan fingerprint density at radius 2 is 1.79 bits per heavy atom. The number of para-hydroxylation sites is 1. The maximum absolute atomic E-state index is 13.4. The molecule has 0 atom stereocenters. The first kappa shape index (κ1) is 24.6. The summed E-state index contributed by atoms with van der Waals surface area (Å²) in [6, 6.07) is 16.3. The van der Waals surface area contributed by atoms with Gasteiger partial charge in [-0.3, -0.25) is 14.9 Å². The van der Waals surface area contributed by atoms with Crippen LogP contribution in [0.2, 0.25) is 0 Å². The molecule has 0 spiro atoms. The summed E-state index contributed by atoms with van der Waals surface area (Å²) in [7, 11) is 1.27. The van der Waals surface area contributed by atoms with Gasteiger partial charge in [0.2, 0.25) is 5.76 Å². The van der Waals surface area contributed by atoms with Crippen LogP contribution in [0.15, 0.2) is 76.9 Å². The number of methoxy groups -OCH3 is 1. The smallest absolute Gasteiger partial charge is 0.373 e. The van der Waals surface area contributed by atoms with Crippen molar-refractivity contribution < 1.29 is 33.1 Å². The first-order chi connectivity index (χ1) is 18.4. The minimum absolute atomic E-state index is 0.0878. The largest absolute Gasteiger partial charge is 0.494 e. The highest BCUT2D eigenvalue weighted by molar-refractivity contribution is 6.39. The van der Waals surface area contributed by atoms with E-state index in [0.717, 1.165) is 15.8 Å².